The molecule has 2 aliphatic carbocycles. The average Bonchev–Trinajstić information content (AvgIpc) is 3.42. The first-order valence-electron chi connectivity index (χ1n) is 13.2. The molecule has 0 amide bonds. The fraction of sp³-hybridized carbons (Fsp3) is 0.679. The summed E-state index contributed by atoms with van der Waals surface area (Å²) >= 11 is 0. The smallest absolute Gasteiger partial charge is 0.342 e. The van der Waals surface area contributed by atoms with Crippen LogP contribution in [0.2, 0.25) is 0 Å². The Hall–Kier alpha value is -3.25. The van der Waals surface area contributed by atoms with Crippen molar-refractivity contribution in [2.75, 3.05) is 0 Å². The Morgan fingerprint density at radius 2 is 1.45 bits per heavy atom. The van der Waals surface area contributed by atoms with E-state index in [1.807, 2.05) is 0 Å². The van der Waals surface area contributed by atoms with Crippen molar-refractivity contribution in [3.8, 4) is 0 Å². The Bertz CT molecular complexity index is 1190. The molecule has 40 heavy (non-hydrogen) atoms. The highest BCUT2D eigenvalue weighted by atomic mass is 16.7. The molecule has 2 aliphatic heterocycles. The molecular formula is C28H36O12. The van der Waals surface area contributed by atoms with Gasteiger partial charge in [-0.15, -0.1) is 0 Å². The van der Waals surface area contributed by atoms with Gasteiger partial charge in [0, 0.05) is 39.0 Å². The van der Waals surface area contributed by atoms with Gasteiger partial charge in [-0.3, -0.25) is 19.2 Å². The molecule has 0 bridgehead atoms. The maximum Gasteiger partial charge on any atom is 0.342 e. The standard InChI is InChI=1S/C28H36O12/c1-12-11-19-28(27(8,40-28)25(34)39-19)23(37-16(5)31)20-13(2)18(33)9-10-26(20,7)24(38-17(6)32)22(36-15(4)30)21(12)35-14(3)29/h9-11,13,18-24,33H,1-8H3/b12-11-/t13-,18+,19+,20-,21+,22-,23-,24+,26+,27+,28+/m1/s1. The van der Waals surface area contributed by atoms with Crippen LogP contribution in [0.5, 0.6) is 0 Å². The SMILES string of the molecule is CC(=O)O[C@@H]1[C@@H](OC(C)=O)/C(C)=C\[C@@H]2OC(=O)[C@]3(C)O[C@]23[C@H](OC(C)=O)[C@H]2[C@H](C)[C@@H](O)C=C[C@]2(C)[C@H]1OC(C)=O. The van der Waals surface area contributed by atoms with E-state index in [1.54, 1.807) is 26.8 Å². The third kappa shape index (κ3) is 4.50. The normalized spacial score (nSPS) is 44.8. The number of aliphatic hydroxyl groups is 1. The van der Waals surface area contributed by atoms with Gasteiger partial charge >= 0.3 is 29.8 Å². The summed E-state index contributed by atoms with van der Waals surface area (Å²) in [6.07, 6.45) is -2.66. The maximum atomic E-state index is 13.1. The van der Waals surface area contributed by atoms with Crippen LogP contribution in [0.15, 0.2) is 23.8 Å². The van der Waals surface area contributed by atoms with Gasteiger partial charge in [-0.05, 0) is 31.4 Å². The Morgan fingerprint density at radius 3 is 1.98 bits per heavy atom. The van der Waals surface area contributed by atoms with E-state index in [2.05, 4.69) is 0 Å². The number of epoxide rings is 1. The van der Waals surface area contributed by atoms with Crippen molar-refractivity contribution in [2.45, 2.75) is 103 Å². The van der Waals surface area contributed by atoms with Crippen LogP contribution < -0.4 is 0 Å². The van der Waals surface area contributed by atoms with Gasteiger partial charge in [0.15, 0.2) is 35.6 Å². The molecule has 0 radical (unpaired) electrons. The summed E-state index contributed by atoms with van der Waals surface area (Å²) in [4.78, 5) is 62.9. The van der Waals surface area contributed by atoms with E-state index in [9.17, 15) is 29.1 Å². The quantitative estimate of drug-likeness (QED) is 0.226. The van der Waals surface area contributed by atoms with Crippen molar-refractivity contribution in [3.63, 3.8) is 0 Å². The molecule has 4 aliphatic rings. The third-order valence-corrected chi connectivity index (χ3v) is 8.60. The first kappa shape index (κ1) is 29.7. The summed E-state index contributed by atoms with van der Waals surface area (Å²) < 4.78 is 35.0. The van der Waals surface area contributed by atoms with Crippen LogP contribution in [-0.4, -0.2) is 82.8 Å². The van der Waals surface area contributed by atoms with E-state index in [-0.39, 0.29) is 0 Å². The third-order valence-electron chi connectivity index (χ3n) is 8.60. The minimum Gasteiger partial charge on any atom is -0.459 e. The van der Waals surface area contributed by atoms with E-state index >= 15 is 0 Å². The predicted molar refractivity (Wildman–Crippen MR) is 134 cm³/mol. The molecule has 2 fully saturated rings. The van der Waals surface area contributed by atoms with Crippen molar-refractivity contribution in [3.05, 3.63) is 23.8 Å². The zero-order valence-electron chi connectivity index (χ0n) is 23.8. The van der Waals surface area contributed by atoms with Gasteiger partial charge in [-0.1, -0.05) is 26.0 Å². The van der Waals surface area contributed by atoms with E-state index in [1.165, 1.54) is 39.8 Å². The summed E-state index contributed by atoms with van der Waals surface area (Å²) in [5.74, 6) is -5.08. The lowest BCUT2D eigenvalue weighted by molar-refractivity contribution is -0.207. The topological polar surface area (TPSA) is 164 Å². The van der Waals surface area contributed by atoms with Crippen molar-refractivity contribution < 1.29 is 57.5 Å². The molecule has 0 aromatic carbocycles. The molecule has 11 atom stereocenters. The number of rotatable bonds is 4. The first-order valence-corrected chi connectivity index (χ1v) is 13.2. The summed E-state index contributed by atoms with van der Waals surface area (Å²) in [5, 5.41) is 11.0. The van der Waals surface area contributed by atoms with E-state index in [4.69, 9.17) is 28.4 Å². The van der Waals surface area contributed by atoms with Crippen molar-refractivity contribution in [1.82, 2.24) is 0 Å². The lowest BCUT2D eigenvalue weighted by Crippen LogP contribution is -2.63. The van der Waals surface area contributed by atoms with Gasteiger partial charge in [0.05, 0.1) is 6.10 Å². The molecule has 12 heteroatoms. The first-order chi connectivity index (χ1) is 18.5. The van der Waals surface area contributed by atoms with Crippen LogP contribution in [0, 0.1) is 17.3 Å². The van der Waals surface area contributed by atoms with Crippen LogP contribution >= 0.6 is 0 Å². The number of carbonyl (C=O) groups excluding carboxylic acids is 5. The summed E-state index contributed by atoms with van der Waals surface area (Å²) in [5.41, 5.74) is -4.04. The van der Waals surface area contributed by atoms with Gasteiger partial charge in [-0.25, -0.2) is 4.79 Å². The van der Waals surface area contributed by atoms with Gasteiger partial charge in [0.2, 0.25) is 0 Å². The molecule has 2 saturated heterocycles. The Labute approximate surface area is 231 Å². The van der Waals surface area contributed by atoms with Crippen molar-refractivity contribution in [1.29, 1.82) is 0 Å². The number of hydrogen-bond donors (Lipinski definition) is 1. The Morgan fingerprint density at radius 1 is 0.900 bits per heavy atom. The van der Waals surface area contributed by atoms with E-state index < -0.39 is 94.9 Å². The van der Waals surface area contributed by atoms with Crippen molar-refractivity contribution >= 4 is 29.8 Å². The Balaban J connectivity index is 2.08. The minimum absolute atomic E-state index is 0.312. The highest BCUT2D eigenvalue weighted by Gasteiger charge is 2.87. The van der Waals surface area contributed by atoms with Gasteiger partial charge in [0.25, 0.3) is 0 Å². The fourth-order valence-electron chi connectivity index (χ4n) is 6.80. The highest BCUT2D eigenvalue weighted by molar-refractivity contribution is 5.89. The van der Waals surface area contributed by atoms with Crippen molar-refractivity contribution in [2.24, 2.45) is 17.3 Å². The number of carbonyl (C=O) groups is 5. The highest BCUT2D eigenvalue weighted by Crippen LogP contribution is 2.65. The predicted octanol–water partition coefficient (Wildman–Crippen LogP) is 1.32. The van der Waals surface area contributed by atoms with E-state index in [0.29, 0.717) is 5.57 Å². The van der Waals surface area contributed by atoms with Crippen LogP contribution in [0.25, 0.3) is 0 Å². The van der Waals surface area contributed by atoms with Gasteiger partial charge < -0.3 is 33.5 Å². The minimum atomic E-state index is -1.52. The van der Waals surface area contributed by atoms with Crippen LogP contribution in [-0.2, 0) is 52.4 Å². The van der Waals surface area contributed by atoms with Crippen LogP contribution in [0.1, 0.15) is 55.4 Å². The number of ether oxygens (including phenoxy) is 6. The van der Waals surface area contributed by atoms with Crippen LogP contribution in [0.4, 0.5) is 0 Å². The molecule has 12 nitrogen and oxygen atoms in total. The number of esters is 5. The summed E-state index contributed by atoms with van der Waals surface area (Å²) in [6, 6.07) is 0. The lowest BCUT2D eigenvalue weighted by atomic mass is 9.56. The zero-order valence-corrected chi connectivity index (χ0v) is 23.8. The molecule has 1 N–H and O–H groups in total. The molecule has 0 aromatic heterocycles. The molecule has 220 valence electrons. The molecular weight excluding hydrogens is 528 g/mol. The van der Waals surface area contributed by atoms with E-state index in [0.717, 1.165) is 6.92 Å². The average molecular weight is 565 g/mol. The second kappa shape index (κ2) is 9.99. The zero-order chi connectivity index (χ0) is 29.9. The van der Waals surface area contributed by atoms with Gasteiger partial charge in [-0.2, -0.15) is 0 Å². The molecule has 2 heterocycles. The molecule has 4 rings (SSSR count). The van der Waals surface area contributed by atoms with Gasteiger partial charge in [0.1, 0.15) is 6.10 Å². The summed E-state index contributed by atoms with van der Waals surface area (Å²) in [7, 11) is 0. The molecule has 0 saturated carbocycles. The second-order valence-corrected chi connectivity index (χ2v) is 11.4. The number of fused-ring (bicyclic) bond motifs is 1. The number of aliphatic hydroxyl groups excluding tert-OH is 1. The molecule has 1 spiro atoms. The largest absolute Gasteiger partial charge is 0.459 e. The second-order valence-electron chi connectivity index (χ2n) is 11.4. The Kier molecular flexibility index (Phi) is 7.42. The van der Waals surface area contributed by atoms with Crippen LogP contribution in [0.3, 0.4) is 0 Å². The monoisotopic (exact) mass is 564 g/mol. The number of hydrogen-bond acceptors (Lipinski definition) is 12. The molecule has 0 unspecified atom stereocenters. The molecule has 0 aromatic rings. The fourth-order valence-corrected chi connectivity index (χ4v) is 6.80. The lowest BCUT2D eigenvalue weighted by Gasteiger charge is -2.53. The summed E-state index contributed by atoms with van der Waals surface area (Å²) in [6.45, 7) is 11.3. The maximum absolute atomic E-state index is 13.1.